The van der Waals surface area contributed by atoms with E-state index >= 15 is 0 Å². The molecule has 3 rings (SSSR count). The number of aromatic amines is 1. The van der Waals surface area contributed by atoms with Crippen LogP contribution in [0.1, 0.15) is 40.2 Å². The summed E-state index contributed by atoms with van der Waals surface area (Å²) in [4.78, 5) is 0. The molecular weight excluding hydrogens is 346 g/mol. The van der Waals surface area contributed by atoms with Gasteiger partial charge in [0.05, 0.1) is 18.4 Å². The third kappa shape index (κ3) is 4.34. The smallest absolute Gasteiger partial charge is 0.0677 e. The Morgan fingerprint density at radius 1 is 1.15 bits per heavy atom. The molecule has 6 heteroatoms. The molecule has 2 heterocycles. The van der Waals surface area contributed by atoms with Crippen molar-refractivity contribution in [1.82, 2.24) is 25.3 Å². The van der Waals surface area contributed by atoms with Crippen LogP contribution in [0.2, 0.25) is 5.02 Å². The molecule has 0 atom stereocenters. The first kappa shape index (κ1) is 18.7. The largest absolute Gasteiger partial charge is 0.313 e. The normalized spacial score (nSPS) is 11.2. The highest BCUT2D eigenvalue weighted by Crippen LogP contribution is 2.19. The van der Waals surface area contributed by atoms with Gasteiger partial charge in [-0.1, -0.05) is 29.8 Å². The van der Waals surface area contributed by atoms with Crippen LogP contribution in [0, 0.1) is 20.8 Å². The van der Waals surface area contributed by atoms with Crippen molar-refractivity contribution in [3.05, 3.63) is 69.3 Å². The molecule has 3 aromatic rings. The number of halogens is 1. The van der Waals surface area contributed by atoms with E-state index in [2.05, 4.69) is 42.4 Å². The van der Waals surface area contributed by atoms with Gasteiger partial charge in [0.25, 0.3) is 0 Å². The van der Waals surface area contributed by atoms with Gasteiger partial charge >= 0.3 is 0 Å². The number of hydrogen-bond acceptors (Lipinski definition) is 3. The predicted molar refractivity (Wildman–Crippen MR) is 106 cm³/mol. The molecule has 0 spiro atoms. The maximum atomic E-state index is 6.28. The lowest BCUT2D eigenvalue weighted by atomic mass is 10.1. The summed E-state index contributed by atoms with van der Waals surface area (Å²) in [5.74, 6) is 0. The number of nitrogens with one attached hydrogen (secondary N) is 2. The summed E-state index contributed by atoms with van der Waals surface area (Å²) in [6, 6.07) is 7.94. The highest BCUT2D eigenvalue weighted by Gasteiger charge is 2.12. The van der Waals surface area contributed by atoms with Gasteiger partial charge in [0.15, 0.2) is 0 Å². The van der Waals surface area contributed by atoms with Gasteiger partial charge in [-0.25, -0.2) is 0 Å². The van der Waals surface area contributed by atoms with Crippen molar-refractivity contribution in [3.8, 4) is 0 Å². The van der Waals surface area contributed by atoms with Gasteiger partial charge in [0.1, 0.15) is 0 Å². The third-order valence-corrected chi connectivity index (χ3v) is 5.21. The molecule has 0 aliphatic rings. The Bertz CT molecular complexity index is 865. The Hall–Kier alpha value is -2.11. The van der Waals surface area contributed by atoms with E-state index in [1.54, 1.807) is 0 Å². The SMILES string of the molecule is Cc1nn(Cc2ccccc2Cl)c(C)c1CNCCCc1cn[nH]c1C. The zero-order valence-corrected chi connectivity index (χ0v) is 16.4. The highest BCUT2D eigenvalue weighted by atomic mass is 35.5. The molecule has 0 saturated heterocycles. The Balaban J connectivity index is 1.54. The molecule has 26 heavy (non-hydrogen) atoms. The van der Waals surface area contributed by atoms with Crippen LogP contribution in [-0.2, 0) is 19.5 Å². The molecular formula is C20H26ClN5. The summed E-state index contributed by atoms with van der Waals surface area (Å²) >= 11 is 6.28. The molecule has 0 radical (unpaired) electrons. The first-order chi connectivity index (χ1) is 12.6. The second kappa shape index (κ2) is 8.52. The summed E-state index contributed by atoms with van der Waals surface area (Å²) in [7, 11) is 0. The molecule has 5 nitrogen and oxygen atoms in total. The lowest BCUT2D eigenvalue weighted by Crippen LogP contribution is -2.16. The van der Waals surface area contributed by atoms with Crippen LogP contribution in [0.3, 0.4) is 0 Å². The van der Waals surface area contributed by atoms with Crippen LogP contribution in [0.15, 0.2) is 30.5 Å². The van der Waals surface area contributed by atoms with Crippen molar-refractivity contribution >= 4 is 11.6 Å². The third-order valence-electron chi connectivity index (χ3n) is 4.85. The van der Waals surface area contributed by atoms with Crippen molar-refractivity contribution < 1.29 is 0 Å². The quantitative estimate of drug-likeness (QED) is 0.589. The lowest BCUT2D eigenvalue weighted by Gasteiger charge is -2.08. The zero-order valence-electron chi connectivity index (χ0n) is 15.6. The lowest BCUT2D eigenvalue weighted by molar-refractivity contribution is 0.638. The molecule has 138 valence electrons. The molecule has 0 unspecified atom stereocenters. The molecule has 0 aliphatic heterocycles. The molecule has 0 aliphatic carbocycles. The summed E-state index contributed by atoms with van der Waals surface area (Å²) in [6.07, 6.45) is 4.05. The van der Waals surface area contributed by atoms with Gasteiger partial charge in [0.2, 0.25) is 0 Å². The summed E-state index contributed by atoms with van der Waals surface area (Å²) in [6.45, 7) is 8.77. The van der Waals surface area contributed by atoms with Gasteiger partial charge in [-0.15, -0.1) is 0 Å². The van der Waals surface area contributed by atoms with Gasteiger partial charge in [-0.2, -0.15) is 10.2 Å². The number of hydrogen-bond donors (Lipinski definition) is 2. The van der Waals surface area contributed by atoms with Gasteiger partial charge in [-0.3, -0.25) is 9.78 Å². The maximum Gasteiger partial charge on any atom is 0.0677 e. The van der Waals surface area contributed by atoms with Crippen molar-refractivity contribution in [2.75, 3.05) is 6.54 Å². The van der Waals surface area contributed by atoms with Crippen molar-refractivity contribution in [3.63, 3.8) is 0 Å². The van der Waals surface area contributed by atoms with Crippen LogP contribution in [0.4, 0.5) is 0 Å². The summed E-state index contributed by atoms with van der Waals surface area (Å²) in [5, 5.41) is 16.1. The van der Waals surface area contributed by atoms with Gasteiger partial charge in [0, 0.05) is 28.5 Å². The van der Waals surface area contributed by atoms with Crippen LogP contribution in [-0.4, -0.2) is 26.5 Å². The summed E-state index contributed by atoms with van der Waals surface area (Å²) in [5.41, 5.74) is 7.10. The number of benzene rings is 1. The minimum Gasteiger partial charge on any atom is -0.313 e. The Morgan fingerprint density at radius 2 is 1.96 bits per heavy atom. The Labute approximate surface area is 159 Å². The van der Waals surface area contributed by atoms with Crippen LogP contribution in [0.25, 0.3) is 0 Å². The first-order valence-corrected chi connectivity index (χ1v) is 9.40. The molecule has 0 saturated carbocycles. The Morgan fingerprint density at radius 3 is 2.69 bits per heavy atom. The van der Waals surface area contributed by atoms with E-state index in [4.69, 9.17) is 16.7 Å². The van der Waals surface area contributed by atoms with Crippen LogP contribution in [0.5, 0.6) is 0 Å². The van der Waals surface area contributed by atoms with Crippen molar-refractivity contribution in [1.29, 1.82) is 0 Å². The molecule has 1 aromatic carbocycles. The summed E-state index contributed by atoms with van der Waals surface area (Å²) < 4.78 is 2.04. The Kier molecular flexibility index (Phi) is 6.12. The molecule has 0 bridgehead atoms. The average molecular weight is 372 g/mol. The van der Waals surface area contributed by atoms with E-state index in [1.807, 2.05) is 29.1 Å². The van der Waals surface area contributed by atoms with E-state index in [0.29, 0.717) is 6.54 Å². The standard InChI is InChI=1S/C20H26ClN5/c1-14-17(11-23-24-14)8-6-10-22-12-19-15(2)25-26(16(19)3)13-18-7-4-5-9-20(18)21/h4-5,7,9,11,22H,6,8,10,12-13H2,1-3H3,(H,23,24). The van der Waals surface area contributed by atoms with E-state index < -0.39 is 0 Å². The number of aryl methyl sites for hydroxylation is 3. The maximum absolute atomic E-state index is 6.28. The van der Waals surface area contributed by atoms with E-state index in [-0.39, 0.29) is 0 Å². The first-order valence-electron chi connectivity index (χ1n) is 9.02. The molecule has 2 N–H and O–H groups in total. The second-order valence-corrected chi connectivity index (χ2v) is 7.11. The van der Waals surface area contributed by atoms with E-state index in [1.165, 1.54) is 16.8 Å². The number of rotatable bonds is 8. The molecule has 0 fully saturated rings. The topological polar surface area (TPSA) is 58.5 Å². The fraction of sp³-hybridized carbons (Fsp3) is 0.400. The minimum atomic E-state index is 0.701. The molecule has 2 aromatic heterocycles. The van der Waals surface area contributed by atoms with E-state index in [0.717, 1.165) is 47.9 Å². The molecule has 0 amide bonds. The van der Waals surface area contributed by atoms with Crippen molar-refractivity contribution in [2.24, 2.45) is 0 Å². The predicted octanol–water partition coefficient (Wildman–Crippen LogP) is 3.96. The highest BCUT2D eigenvalue weighted by molar-refractivity contribution is 6.31. The fourth-order valence-electron chi connectivity index (χ4n) is 3.18. The van der Waals surface area contributed by atoms with Crippen molar-refractivity contribution in [2.45, 2.75) is 46.7 Å². The average Bonchev–Trinajstić information content (AvgIpc) is 3.14. The number of nitrogens with zero attached hydrogens (tertiary/aromatic N) is 3. The fourth-order valence-corrected chi connectivity index (χ4v) is 3.37. The number of aromatic nitrogens is 4. The minimum absolute atomic E-state index is 0.701. The monoisotopic (exact) mass is 371 g/mol. The zero-order chi connectivity index (χ0) is 18.5. The van der Waals surface area contributed by atoms with E-state index in [9.17, 15) is 0 Å². The number of H-pyrrole nitrogens is 1. The van der Waals surface area contributed by atoms with Crippen LogP contribution < -0.4 is 5.32 Å². The van der Waals surface area contributed by atoms with Crippen LogP contribution >= 0.6 is 11.6 Å². The van der Waals surface area contributed by atoms with Gasteiger partial charge < -0.3 is 5.32 Å². The van der Waals surface area contributed by atoms with Gasteiger partial charge in [-0.05, 0) is 57.4 Å². The second-order valence-electron chi connectivity index (χ2n) is 6.70.